The van der Waals surface area contributed by atoms with Gasteiger partial charge in [-0.2, -0.15) is 0 Å². The number of ether oxygens (including phenoxy) is 1. The van der Waals surface area contributed by atoms with E-state index in [0.29, 0.717) is 19.4 Å². The lowest BCUT2D eigenvalue weighted by atomic mass is 10.0. The normalized spacial score (nSPS) is 12.7. The molecule has 0 aromatic carbocycles. The van der Waals surface area contributed by atoms with Crippen LogP contribution in [0.1, 0.15) is 425 Å². The molecule has 2 atom stereocenters. The van der Waals surface area contributed by atoms with Gasteiger partial charge in [-0.15, -0.1) is 0 Å². The van der Waals surface area contributed by atoms with Crippen LogP contribution in [0, 0.1) is 0 Å². The van der Waals surface area contributed by atoms with Crippen LogP contribution in [0.25, 0.3) is 0 Å². The van der Waals surface area contributed by atoms with E-state index in [0.717, 1.165) is 51.4 Å². The molecule has 0 rings (SSSR count). The molecule has 0 aliphatic carbocycles. The van der Waals surface area contributed by atoms with Crippen molar-refractivity contribution >= 4 is 11.9 Å². The highest BCUT2D eigenvalue weighted by Crippen LogP contribution is 2.19. The Morgan fingerprint density at radius 2 is 0.581 bits per heavy atom. The summed E-state index contributed by atoms with van der Waals surface area (Å²) < 4.78 is 5.51. The van der Waals surface area contributed by atoms with Crippen molar-refractivity contribution in [3.8, 4) is 0 Å². The Kier molecular flexibility index (Phi) is 73.4. The van der Waals surface area contributed by atoms with Gasteiger partial charge in [-0.25, -0.2) is 0 Å². The van der Waals surface area contributed by atoms with Gasteiger partial charge in [0.25, 0.3) is 0 Å². The average Bonchev–Trinajstić information content (AvgIpc) is 3.54. The van der Waals surface area contributed by atoms with Gasteiger partial charge < -0.3 is 20.3 Å². The summed E-state index contributed by atoms with van der Waals surface area (Å²) >= 11 is 0. The van der Waals surface area contributed by atoms with E-state index >= 15 is 0 Å². The summed E-state index contributed by atoms with van der Waals surface area (Å²) in [4.78, 5) is 24.6. The van der Waals surface area contributed by atoms with Gasteiger partial charge >= 0.3 is 5.97 Å². The second-order valence-corrected chi connectivity index (χ2v) is 26.7. The molecule has 0 heterocycles. The number of rotatable bonds is 73. The third-order valence-corrected chi connectivity index (χ3v) is 18.1. The molecule has 0 fully saturated rings. The third kappa shape index (κ3) is 70.9. The number of carbonyl (C=O) groups excluding carboxylic acids is 2. The van der Waals surface area contributed by atoms with E-state index in [4.69, 9.17) is 4.74 Å². The molecule has 0 aromatic heterocycles. The van der Waals surface area contributed by atoms with E-state index in [2.05, 4.69) is 55.6 Å². The zero-order valence-electron chi connectivity index (χ0n) is 58.1. The summed E-state index contributed by atoms with van der Waals surface area (Å²) in [6.45, 7) is 4.94. The minimum Gasteiger partial charge on any atom is -0.466 e. The van der Waals surface area contributed by atoms with Crippen LogP contribution in [0.15, 0.2) is 48.6 Å². The Morgan fingerprint density at radius 1 is 0.326 bits per heavy atom. The van der Waals surface area contributed by atoms with Gasteiger partial charge in [0, 0.05) is 12.8 Å². The number of hydrogen-bond donors (Lipinski definition) is 3. The molecular weight excluding hydrogens is 1050 g/mol. The molecule has 0 spiro atoms. The van der Waals surface area contributed by atoms with Crippen LogP contribution in [0.2, 0.25) is 0 Å². The highest BCUT2D eigenvalue weighted by molar-refractivity contribution is 5.76. The smallest absolute Gasteiger partial charge is 0.305 e. The molecule has 506 valence electrons. The van der Waals surface area contributed by atoms with E-state index in [1.807, 2.05) is 6.08 Å². The highest BCUT2D eigenvalue weighted by atomic mass is 16.5. The minimum absolute atomic E-state index is 0.0115. The number of aliphatic hydroxyl groups is 2. The van der Waals surface area contributed by atoms with Crippen LogP contribution >= 0.6 is 0 Å². The van der Waals surface area contributed by atoms with Crippen LogP contribution in [0.4, 0.5) is 0 Å². The highest BCUT2D eigenvalue weighted by Gasteiger charge is 2.18. The molecule has 6 heteroatoms. The molecule has 0 aliphatic rings. The fourth-order valence-corrected chi connectivity index (χ4v) is 12.1. The maximum absolute atomic E-state index is 12.5. The van der Waals surface area contributed by atoms with Gasteiger partial charge in [0.1, 0.15) is 0 Å². The molecule has 0 aliphatic heterocycles. The molecule has 1 amide bonds. The number of amides is 1. The molecule has 0 radical (unpaired) electrons. The number of hydrogen-bond acceptors (Lipinski definition) is 5. The first-order chi connectivity index (χ1) is 42.5. The first kappa shape index (κ1) is 83.8. The molecule has 86 heavy (non-hydrogen) atoms. The maximum Gasteiger partial charge on any atom is 0.305 e. The third-order valence-electron chi connectivity index (χ3n) is 18.1. The minimum atomic E-state index is -0.844. The van der Waals surface area contributed by atoms with Crippen molar-refractivity contribution in [2.24, 2.45) is 0 Å². The summed E-state index contributed by atoms with van der Waals surface area (Å²) in [7, 11) is 0. The number of allylic oxidation sites excluding steroid dienone is 7. The Labute approximate surface area is 537 Å². The molecule has 0 bridgehead atoms. The standard InChI is InChI=1S/C80H151NO5/c1-3-5-7-9-11-13-15-17-19-21-40-44-48-52-56-60-64-68-72-78(83)77(76-82)81-79(84)73-69-65-61-57-53-49-45-41-38-36-34-32-30-28-26-24-23-25-27-29-31-33-35-37-39-43-47-51-55-59-63-67-71-75-86-80(85)74-70-66-62-58-54-50-46-42-22-20-18-16-14-12-10-8-6-4-2/h20,22,27,29,33,35,68,72,77-78,82-83H,3-19,21,23-26,28,30-32,34,36-67,69-71,73-76H2,1-2H3,(H,81,84)/b22-20-,29-27-,35-33-,72-68+. The predicted molar refractivity (Wildman–Crippen MR) is 379 cm³/mol. The number of nitrogens with one attached hydrogen (secondary N) is 1. The number of carbonyl (C=O) groups is 2. The van der Waals surface area contributed by atoms with Crippen molar-refractivity contribution in [3.05, 3.63) is 48.6 Å². The zero-order valence-corrected chi connectivity index (χ0v) is 58.1. The molecule has 6 nitrogen and oxygen atoms in total. The molecule has 2 unspecified atom stereocenters. The van der Waals surface area contributed by atoms with Crippen molar-refractivity contribution in [1.29, 1.82) is 0 Å². The topological polar surface area (TPSA) is 95.9 Å². The molecule has 0 aromatic rings. The van der Waals surface area contributed by atoms with Crippen molar-refractivity contribution in [2.75, 3.05) is 13.2 Å². The largest absolute Gasteiger partial charge is 0.466 e. The molecular formula is C80H151NO5. The van der Waals surface area contributed by atoms with Crippen LogP contribution in [-0.2, 0) is 14.3 Å². The Morgan fingerprint density at radius 3 is 0.895 bits per heavy atom. The van der Waals surface area contributed by atoms with Crippen molar-refractivity contribution in [2.45, 2.75) is 437 Å². The Hall–Kier alpha value is -2.18. The predicted octanol–water partition coefficient (Wildman–Crippen LogP) is 25.6. The van der Waals surface area contributed by atoms with Gasteiger partial charge in [-0.05, 0) is 89.9 Å². The average molecular weight is 1210 g/mol. The fraction of sp³-hybridized carbons (Fsp3) is 0.875. The number of esters is 1. The summed E-state index contributed by atoms with van der Waals surface area (Å²) in [5.74, 6) is -0.0514. The van der Waals surface area contributed by atoms with Crippen LogP contribution in [0.3, 0.4) is 0 Å². The first-order valence-corrected chi connectivity index (χ1v) is 38.9. The summed E-state index contributed by atoms with van der Waals surface area (Å²) in [6.07, 6.45) is 99.4. The summed E-state index contributed by atoms with van der Waals surface area (Å²) in [5.41, 5.74) is 0. The SMILES string of the molecule is CCCCCCCCC/C=C\CCCCCCCCCC(=O)OCCCCCCCCCCC/C=C\C/C=C\CCCCCCCCCCCCCCCCCCCC(=O)NC(CO)C(O)/C=C/CCCCCCCCCCCCCCCCCC. The van der Waals surface area contributed by atoms with Crippen molar-refractivity contribution < 1.29 is 24.5 Å². The summed E-state index contributed by atoms with van der Waals surface area (Å²) in [6, 6.07) is -0.628. The van der Waals surface area contributed by atoms with Gasteiger partial charge in [0.15, 0.2) is 0 Å². The first-order valence-electron chi connectivity index (χ1n) is 38.9. The van der Waals surface area contributed by atoms with Crippen molar-refractivity contribution in [3.63, 3.8) is 0 Å². The summed E-state index contributed by atoms with van der Waals surface area (Å²) in [5, 5.41) is 23.2. The second kappa shape index (κ2) is 75.3. The monoisotopic (exact) mass is 1210 g/mol. The van der Waals surface area contributed by atoms with Gasteiger partial charge in [-0.1, -0.05) is 371 Å². The molecule has 0 saturated heterocycles. The van der Waals surface area contributed by atoms with Gasteiger partial charge in [0.05, 0.1) is 25.4 Å². The number of unbranched alkanes of at least 4 members (excludes halogenated alkanes) is 56. The zero-order chi connectivity index (χ0) is 62.0. The molecule has 0 saturated carbocycles. The van der Waals surface area contributed by atoms with E-state index in [1.165, 1.54) is 347 Å². The lowest BCUT2D eigenvalue weighted by Crippen LogP contribution is -2.45. The van der Waals surface area contributed by atoms with Crippen molar-refractivity contribution in [1.82, 2.24) is 5.32 Å². The molecule has 3 N–H and O–H groups in total. The van der Waals surface area contributed by atoms with E-state index in [9.17, 15) is 19.8 Å². The van der Waals surface area contributed by atoms with Gasteiger partial charge in [-0.3, -0.25) is 9.59 Å². The van der Waals surface area contributed by atoms with Crippen LogP contribution < -0.4 is 5.32 Å². The van der Waals surface area contributed by atoms with Crippen LogP contribution in [0.5, 0.6) is 0 Å². The second-order valence-electron chi connectivity index (χ2n) is 26.7. The van der Waals surface area contributed by atoms with E-state index in [1.54, 1.807) is 6.08 Å². The fourth-order valence-electron chi connectivity index (χ4n) is 12.1. The number of aliphatic hydroxyl groups excluding tert-OH is 2. The maximum atomic E-state index is 12.5. The van der Waals surface area contributed by atoms with E-state index in [-0.39, 0.29) is 18.5 Å². The Balaban J connectivity index is 3.39. The lowest BCUT2D eigenvalue weighted by molar-refractivity contribution is -0.143. The lowest BCUT2D eigenvalue weighted by Gasteiger charge is -2.20. The van der Waals surface area contributed by atoms with Gasteiger partial charge in [0.2, 0.25) is 5.91 Å². The van der Waals surface area contributed by atoms with E-state index < -0.39 is 12.1 Å². The Bertz CT molecular complexity index is 1440. The van der Waals surface area contributed by atoms with Crippen LogP contribution in [-0.4, -0.2) is 47.4 Å². The quantitative estimate of drug-likeness (QED) is 0.0320.